The average Bonchev–Trinajstić information content (AvgIpc) is 2.20. The van der Waals surface area contributed by atoms with Crippen molar-refractivity contribution in [2.24, 2.45) is 5.73 Å². The van der Waals surface area contributed by atoms with Crippen LogP contribution in [0.1, 0.15) is 35.3 Å². The second kappa shape index (κ2) is 4.84. The van der Waals surface area contributed by atoms with Gasteiger partial charge in [0, 0.05) is 5.56 Å². The first-order chi connectivity index (χ1) is 7.74. The van der Waals surface area contributed by atoms with Gasteiger partial charge < -0.3 is 11.1 Å². The monoisotopic (exact) mass is 250 g/mol. The summed E-state index contributed by atoms with van der Waals surface area (Å²) in [6.45, 7) is 7.44. The molecular weight excluding hydrogens is 232 g/mol. The van der Waals surface area contributed by atoms with E-state index in [1.165, 1.54) is 0 Å². The molecule has 0 aliphatic heterocycles. The predicted molar refractivity (Wildman–Crippen MR) is 74.2 cm³/mol. The van der Waals surface area contributed by atoms with E-state index in [1.807, 2.05) is 32.0 Å². The van der Waals surface area contributed by atoms with Gasteiger partial charge in [0.05, 0.1) is 10.5 Å². The van der Waals surface area contributed by atoms with E-state index in [9.17, 15) is 4.79 Å². The summed E-state index contributed by atoms with van der Waals surface area (Å²) >= 11 is 4.92. The lowest BCUT2D eigenvalue weighted by molar-refractivity contribution is 0.0931. The Bertz CT molecular complexity index is 466. The fourth-order valence-electron chi connectivity index (χ4n) is 1.39. The second-order valence-corrected chi connectivity index (χ2v) is 5.20. The molecule has 17 heavy (non-hydrogen) atoms. The fraction of sp³-hybridized carbons (Fsp3) is 0.385. The van der Waals surface area contributed by atoms with Gasteiger partial charge in [0.1, 0.15) is 0 Å². The van der Waals surface area contributed by atoms with E-state index in [0.717, 1.165) is 11.1 Å². The molecule has 0 saturated carbocycles. The van der Waals surface area contributed by atoms with E-state index >= 15 is 0 Å². The quantitative estimate of drug-likeness (QED) is 0.808. The molecule has 0 fully saturated rings. The Hall–Kier alpha value is -1.42. The van der Waals surface area contributed by atoms with Gasteiger partial charge in [0.2, 0.25) is 0 Å². The lowest BCUT2D eigenvalue weighted by Crippen LogP contribution is -2.52. The Balaban J connectivity index is 2.98. The van der Waals surface area contributed by atoms with Crippen LogP contribution < -0.4 is 11.1 Å². The zero-order chi connectivity index (χ0) is 13.2. The molecule has 0 saturated heterocycles. The van der Waals surface area contributed by atoms with Crippen molar-refractivity contribution in [3.63, 3.8) is 0 Å². The molecule has 4 heteroatoms. The summed E-state index contributed by atoms with van der Waals surface area (Å²) in [7, 11) is 0. The SMILES string of the molecule is Cc1ccc(C)c(C(=O)NC(C)(C)C(N)=S)c1. The van der Waals surface area contributed by atoms with Crippen LogP contribution >= 0.6 is 12.2 Å². The first kappa shape index (κ1) is 13.6. The molecule has 1 aromatic rings. The van der Waals surface area contributed by atoms with Crippen molar-refractivity contribution in [1.82, 2.24) is 5.32 Å². The van der Waals surface area contributed by atoms with Gasteiger partial charge in [-0.3, -0.25) is 4.79 Å². The van der Waals surface area contributed by atoms with Crippen LogP contribution in [0.2, 0.25) is 0 Å². The number of aryl methyl sites for hydroxylation is 2. The predicted octanol–water partition coefficient (Wildman–Crippen LogP) is 2.10. The molecule has 0 spiro atoms. The van der Waals surface area contributed by atoms with E-state index in [-0.39, 0.29) is 10.9 Å². The molecule has 0 aromatic heterocycles. The summed E-state index contributed by atoms with van der Waals surface area (Å²) in [5.74, 6) is -0.149. The smallest absolute Gasteiger partial charge is 0.252 e. The number of carbonyl (C=O) groups excluding carboxylic acids is 1. The number of nitrogens with two attached hydrogens (primary N) is 1. The number of hydrogen-bond acceptors (Lipinski definition) is 2. The van der Waals surface area contributed by atoms with Crippen molar-refractivity contribution in [2.75, 3.05) is 0 Å². The number of thiocarbonyl (C=S) groups is 1. The lowest BCUT2D eigenvalue weighted by Gasteiger charge is -2.25. The Morgan fingerprint density at radius 1 is 1.35 bits per heavy atom. The molecule has 0 aliphatic rings. The molecule has 1 rings (SSSR count). The van der Waals surface area contributed by atoms with Crippen molar-refractivity contribution < 1.29 is 4.79 Å². The van der Waals surface area contributed by atoms with Crippen LogP contribution in [0.4, 0.5) is 0 Å². The average molecular weight is 250 g/mol. The van der Waals surface area contributed by atoms with Crippen LogP contribution in [0.5, 0.6) is 0 Å². The molecule has 92 valence electrons. The van der Waals surface area contributed by atoms with Crippen LogP contribution in [-0.2, 0) is 0 Å². The summed E-state index contributed by atoms with van der Waals surface area (Å²) in [6, 6.07) is 5.77. The van der Waals surface area contributed by atoms with E-state index in [1.54, 1.807) is 13.8 Å². The van der Waals surface area contributed by atoms with Gasteiger partial charge in [0.15, 0.2) is 0 Å². The summed E-state index contributed by atoms with van der Waals surface area (Å²) in [5, 5.41) is 2.83. The fourth-order valence-corrected chi connectivity index (χ4v) is 1.44. The van der Waals surface area contributed by atoms with E-state index in [2.05, 4.69) is 5.32 Å². The first-order valence-electron chi connectivity index (χ1n) is 5.43. The molecule has 0 radical (unpaired) electrons. The number of rotatable bonds is 3. The molecule has 1 amide bonds. The molecule has 0 heterocycles. The number of hydrogen-bond donors (Lipinski definition) is 2. The van der Waals surface area contributed by atoms with Gasteiger partial charge in [-0.2, -0.15) is 0 Å². The van der Waals surface area contributed by atoms with Gasteiger partial charge in [-0.25, -0.2) is 0 Å². The number of carbonyl (C=O) groups is 1. The molecule has 0 bridgehead atoms. The van der Waals surface area contributed by atoms with Crippen molar-refractivity contribution in [3.05, 3.63) is 34.9 Å². The van der Waals surface area contributed by atoms with E-state index in [0.29, 0.717) is 5.56 Å². The Kier molecular flexibility index (Phi) is 3.88. The number of amides is 1. The van der Waals surface area contributed by atoms with Crippen molar-refractivity contribution >= 4 is 23.1 Å². The third-order valence-electron chi connectivity index (χ3n) is 2.68. The maximum absolute atomic E-state index is 12.1. The Labute approximate surface area is 107 Å². The van der Waals surface area contributed by atoms with Crippen molar-refractivity contribution in [3.8, 4) is 0 Å². The number of benzene rings is 1. The normalized spacial score (nSPS) is 11.1. The lowest BCUT2D eigenvalue weighted by atomic mass is 10.0. The molecule has 0 aliphatic carbocycles. The van der Waals surface area contributed by atoms with Crippen LogP contribution in [0.25, 0.3) is 0 Å². The van der Waals surface area contributed by atoms with Crippen LogP contribution in [-0.4, -0.2) is 16.4 Å². The highest BCUT2D eigenvalue weighted by molar-refractivity contribution is 7.80. The van der Waals surface area contributed by atoms with Gasteiger partial charge in [-0.15, -0.1) is 0 Å². The third-order valence-corrected chi connectivity index (χ3v) is 3.19. The topological polar surface area (TPSA) is 55.1 Å². The maximum atomic E-state index is 12.1. The molecule has 3 N–H and O–H groups in total. The zero-order valence-corrected chi connectivity index (χ0v) is 11.4. The third kappa shape index (κ3) is 3.27. The minimum Gasteiger partial charge on any atom is -0.391 e. The van der Waals surface area contributed by atoms with Crippen LogP contribution in [0, 0.1) is 13.8 Å². The highest BCUT2D eigenvalue weighted by Gasteiger charge is 2.24. The summed E-state index contributed by atoms with van der Waals surface area (Å²) in [4.78, 5) is 12.4. The summed E-state index contributed by atoms with van der Waals surface area (Å²) in [6.07, 6.45) is 0. The largest absolute Gasteiger partial charge is 0.391 e. The standard InChI is InChI=1S/C13H18N2OS/c1-8-5-6-9(2)10(7-8)11(16)15-13(3,4)12(14)17/h5-7H,1-4H3,(H2,14,17)(H,15,16). The highest BCUT2D eigenvalue weighted by Crippen LogP contribution is 2.12. The Morgan fingerprint density at radius 3 is 2.47 bits per heavy atom. The van der Waals surface area contributed by atoms with Crippen molar-refractivity contribution in [2.45, 2.75) is 33.2 Å². The summed E-state index contributed by atoms with van der Waals surface area (Å²) in [5.41, 5.74) is 7.55. The second-order valence-electron chi connectivity index (χ2n) is 4.76. The maximum Gasteiger partial charge on any atom is 0.252 e. The first-order valence-corrected chi connectivity index (χ1v) is 5.84. The minimum absolute atomic E-state index is 0.149. The van der Waals surface area contributed by atoms with Gasteiger partial charge in [0.25, 0.3) is 5.91 Å². The van der Waals surface area contributed by atoms with Crippen LogP contribution in [0.3, 0.4) is 0 Å². The molecular formula is C13H18N2OS. The highest BCUT2D eigenvalue weighted by atomic mass is 32.1. The molecule has 1 aromatic carbocycles. The van der Waals surface area contributed by atoms with Crippen molar-refractivity contribution in [1.29, 1.82) is 0 Å². The van der Waals surface area contributed by atoms with E-state index in [4.69, 9.17) is 18.0 Å². The molecule has 0 atom stereocenters. The van der Waals surface area contributed by atoms with Crippen LogP contribution in [0.15, 0.2) is 18.2 Å². The van der Waals surface area contributed by atoms with Gasteiger partial charge in [-0.1, -0.05) is 29.9 Å². The molecule has 0 unspecified atom stereocenters. The Morgan fingerprint density at radius 2 is 1.94 bits per heavy atom. The number of nitrogens with one attached hydrogen (secondary N) is 1. The zero-order valence-electron chi connectivity index (χ0n) is 10.6. The van der Waals surface area contributed by atoms with E-state index < -0.39 is 5.54 Å². The van der Waals surface area contributed by atoms with Gasteiger partial charge in [-0.05, 0) is 39.3 Å². The minimum atomic E-state index is -0.678. The molecule has 3 nitrogen and oxygen atoms in total. The summed E-state index contributed by atoms with van der Waals surface area (Å²) < 4.78 is 0. The van der Waals surface area contributed by atoms with Gasteiger partial charge >= 0.3 is 0 Å².